The van der Waals surface area contributed by atoms with Gasteiger partial charge in [0.05, 0.1) is 37.5 Å². The Morgan fingerprint density at radius 3 is 1.19 bits per heavy atom. The van der Waals surface area contributed by atoms with Crippen molar-refractivity contribution in [3.63, 3.8) is 0 Å². The number of unbranched alkanes of at least 4 members (excludes halogenated alkanes) is 31. The molecule has 0 N–H and O–H groups in total. The normalized spacial score (nSPS) is 14.6. The smallest absolute Gasteiger partial charge is 0.344 e. The van der Waals surface area contributed by atoms with E-state index >= 15 is 9.59 Å². The van der Waals surface area contributed by atoms with Crippen LogP contribution in [0.3, 0.4) is 0 Å². The fourth-order valence-electron chi connectivity index (χ4n) is 16.3. The minimum absolute atomic E-state index is 0.0102. The van der Waals surface area contributed by atoms with Crippen molar-refractivity contribution < 1.29 is 19.1 Å². The average Bonchev–Trinajstić information content (AvgIpc) is 1.57. The Kier molecular flexibility index (Phi) is 32.8. The van der Waals surface area contributed by atoms with E-state index in [1.165, 1.54) is 244 Å². The number of hydrogen-bond donors (Lipinski definition) is 0. The quantitative estimate of drug-likeness (QED) is 0.0165. The molecule has 0 saturated heterocycles. The average molecular weight is 1510 g/mol. The topological polar surface area (TPSA) is 66.9 Å². The van der Waals surface area contributed by atoms with Gasteiger partial charge in [0.25, 0.3) is 11.8 Å². The van der Waals surface area contributed by atoms with Gasteiger partial charge in [0, 0.05) is 58.9 Å². The predicted octanol–water partition coefficient (Wildman–Crippen LogP) is 31.2. The fourth-order valence-corrected chi connectivity index (χ4v) is 21.0. The molecule has 6 nitrogen and oxygen atoms in total. The molecule has 8 aromatic rings. The molecule has 0 bridgehead atoms. The lowest BCUT2D eigenvalue weighted by molar-refractivity contribution is -0.114. The largest absolute Gasteiger partial charge is 0.423 e. The number of rotatable bonds is 48. The minimum Gasteiger partial charge on any atom is -0.423 e. The van der Waals surface area contributed by atoms with Gasteiger partial charge >= 0.3 is 5.97 Å². The van der Waals surface area contributed by atoms with Crippen molar-refractivity contribution in [3.8, 4) is 36.4 Å². The van der Waals surface area contributed by atoms with E-state index in [4.69, 9.17) is 4.74 Å². The summed E-state index contributed by atoms with van der Waals surface area (Å²) in [6.07, 6.45) is 49.7. The van der Waals surface area contributed by atoms with Gasteiger partial charge in [0.2, 0.25) is 0 Å². The zero-order chi connectivity index (χ0) is 74.8. The summed E-state index contributed by atoms with van der Waals surface area (Å²) in [7, 11) is 0. The second-order valence-corrected chi connectivity index (χ2v) is 38.0. The summed E-state index contributed by atoms with van der Waals surface area (Å²) in [6, 6.07) is 38.5. The number of amides is 2. The molecular formula is C96H132N2O4S4. The number of nitrogens with zero attached hydrogens (tertiary/aromatic N) is 2. The van der Waals surface area contributed by atoms with E-state index < -0.39 is 0 Å². The van der Waals surface area contributed by atoms with Gasteiger partial charge in [0.15, 0.2) is 0 Å². The lowest BCUT2D eigenvalue weighted by atomic mass is 9.93. The summed E-state index contributed by atoms with van der Waals surface area (Å²) in [4.78, 5) is 58.6. The zero-order valence-corrected chi connectivity index (χ0v) is 70.5. The molecule has 6 heterocycles. The van der Waals surface area contributed by atoms with E-state index in [1.807, 2.05) is 47.7 Å². The van der Waals surface area contributed by atoms with Crippen LogP contribution in [0.2, 0.25) is 0 Å². The van der Waals surface area contributed by atoms with Crippen molar-refractivity contribution in [2.24, 2.45) is 11.8 Å². The van der Waals surface area contributed by atoms with Gasteiger partial charge < -0.3 is 14.5 Å². The third-order valence-electron chi connectivity index (χ3n) is 22.7. The number of esters is 1. The SMILES string of the molecule is CCCCCCCCCCCCC(CCCCCCCCCC)CN1C(=O)C(=C2C(=O)N(CC(CCCCCCCCCC)CCCCCCCCCCC)c3cc(-c4ccc(-c5cc6cc(C(=O)Oc7ccccc7)c7cc(C(C)(C)C)sc7c6s5)s4)ccc32)c2ccc(-c3ccc(C(C)(C)C)s3)cc21. The van der Waals surface area contributed by atoms with Crippen molar-refractivity contribution in [1.82, 2.24) is 0 Å². The van der Waals surface area contributed by atoms with Crippen molar-refractivity contribution in [3.05, 3.63) is 136 Å². The van der Waals surface area contributed by atoms with Gasteiger partial charge in [-0.2, -0.15) is 0 Å². The van der Waals surface area contributed by atoms with E-state index in [0.29, 0.717) is 47.4 Å². The third kappa shape index (κ3) is 23.0. The number of anilines is 2. The summed E-state index contributed by atoms with van der Waals surface area (Å²) in [6.45, 7) is 24.1. The molecule has 0 fully saturated rings. The Balaban J connectivity index is 1.02. The number of thiophene rings is 4. The fraction of sp³-hybridized carbons (Fsp3) is 0.573. The lowest BCUT2D eigenvalue weighted by Gasteiger charge is -2.25. The third-order valence-corrected chi connectivity index (χ3v) is 28.5. The molecule has 10 rings (SSSR count). The molecule has 0 spiro atoms. The zero-order valence-electron chi connectivity index (χ0n) is 67.2. The van der Waals surface area contributed by atoms with Crippen molar-refractivity contribution >= 4 is 106 Å². The molecule has 4 aromatic heterocycles. The number of hydrogen-bond acceptors (Lipinski definition) is 8. The Morgan fingerprint density at radius 1 is 0.377 bits per heavy atom. The molecule has 574 valence electrons. The molecule has 2 atom stereocenters. The summed E-state index contributed by atoms with van der Waals surface area (Å²) in [5, 5.41) is 1.97. The van der Waals surface area contributed by atoms with E-state index in [2.05, 4.69) is 152 Å². The summed E-state index contributed by atoms with van der Waals surface area (Å²) >= 11 is 7.23. The van der Waals surface area contributed by atoms with E-state index in [1.54, 1.807) is 34.0 Å². The number of fused-ring (bicyclic) bond motifs is 5. The Hall–Kier alpha value is -5.65. The molecule has 10 heteroatoms. The van der Waals surface area contributed by atoms with E-state index in [0.717, 1.165) is 89.4 Å². The number of carbonyl (C=O) groups is 3. The molecule has 0 radical (unpaired) electrons. The van der Waals surface area contributed by atoms with Crippen LogP contribution in [0, 0.1) is 11.8 Å². The van der Waals surface area contributed by atoms with Crippen molar-refractivity contribution in [2.75, 3.05) is 22.9 Å². The molecular weight excluding hydrogens is 1370 g/mol. The van der Waals surface area contributed by atoms with E-state index in [9.17, 15) is 4.79 Å². The highest BCUT2D eigenvalue weighted by Gasteiger charge is 2.44. The molecule has 0 aliphatic carbocycles. The molecule has 0 saturated carbocycles. The highest BCUT2D eigenvalue weighted by Crippen LogP contribution is 2.52. The Labute approximate surface area is 657 Å². The lowest BCUT2D eigenvalue weighted by Crippen LogP contribution is -2.34. The van der Waals surface area contributed by atoms with Gasteiger partial charge in [-0.05, 0) is 132 Å². The van der Waals surface area contributed by atoms with Crippen LogP contribution in [0.1, 0.15) is 351 Å². The van der Waals surface area contributed by atoms with Crippen LogP contribution in [0.25, 0.3) is 62.0 Å². The first-order valence-electron chi connectivity index (χ1n) is 42.6. The maximum Gasteiger partial charge on any atom is 0.344 e. The van der Waals surface area contributed by atoms with Crippen molar-refractivity contribution in [1.29, 1.82) is 0 Å². The van der Waals surface area contributed by atoms with Gasteiger partial charge in [-0.3, -0.25) is 9.59 Å². The number of ether oxygens (including phenoxy) is 1. The van der Waals surface area contributed by atoms with E-state index in [-0.39, 0.29) is 28.6 Å². The Morgan fingerprint density at radius 2 is 0.774 bits per heavy atom. The summed E-state index contributed by atoms with van der Waals surface area (Å²) < 4.78 is 8.33. The second kappa shape index (κ2) is 42.0. The van der Waals surface area contributed by atoms with Gasteiger partial charge in [-0.15, -0.1) is 45.3 Å². The maximum absolute atomic E-state index is 16.5. The van der Waals surface area contributed by atoms with Gasteiger partial charge in [-0.25, -0.2) is 4.79 Å². The van der Waals surface area contributed by atoms with Crippen molar-refractivity contribution in [2.45, 2.75) is 330 Å². The first-order valence-corrected chi connectivity index (χ1v) is 45.9. The minimum atomic E-state index is -0.349. The van der Waals surface area contributed by atoms with Crippen LogP contribution < -0.4 is 14.5 Å². The first kappa shape index (κ1) is 82.8. The predicted molar refractivity (Wildman–Crippen MR) is 466 cm³/mol. The van der Waals surface area contributed by atoms with Crippen LogP contribution >= 0.6 is 45.3 Å². The molecule has 2 aliphatic rings. The molecule has 2 aliphatic heterocycles. The number of carbonyl (C=O) groups excluding carboxylic acids is 3. The van der Waals surface area contributed by atoms with Crippen LogP contribution in [0.15, 0.2) is 109 Å². The second-order valence-electron chi connectivity index (χ2n) is 33.7. The highest BCUT2D eigenvalue weighted by molar-refractivity contribution is 7.31. The molecule has 2 amide bonds. The monoisotopic (exact) mass is 1500 g/mol. The van der Waals surface area contributed by atoms with Crippen LogP contribution in [0.4, 0.5) is 11.4 Å². The standard InChI is InChI=1S/C96H132N2O4S4/c1-11-15-19-23-27-31-33-37-41-46-52-71(50-44-39-35-30-26-22-18-14-4)69-98-81-65-73(83-61-62-86(104-83)95(5,6)7)56-58-77(81)89(93(98)100)88-76-57-55-72(64-80(76)97(92(88)99)68-70(49-43-38-34-29-25-21-17-13-3)51-45-40-36-32-28-24-20-16-12-2)82-59-60-84(103-82)85-66-74-63-79(94(101)102-75-53-47-42-48-54-75)78-67-87(96(8,9)10)106-91(78)90(74)105-85/h42,47-48,53-67,70-71H,11-41,43-46,49-52,68-69H2,1-10H3. The van der Waals surface area contributed by atoms with Gasteiger partial charge in [-0.1, -0.05) is 336 Å². The maximum atomic E-state index is 16.5. The number of benzene rings is 4. The summed E-state index contributed by atoms with van der Waals surface area (Å²) in [5.74, 6) is 0.848. The number of para-hydroxylation sites is 1. The first-order chi connectivity index (χ1) is 51.5. The highest BCUT2D eigenvalue weighted by atomic mass is 32.1. The molecule has 106 heavy (non-hydrogen) atoms. The van der Waals surface area contributed by atoms with Crippen LogP contribution in [-0.4, -0.2) is 30.9 Å². The summed E-state index contributed by atoms with van der Waals surface area (Å²) in [5.41, 5.74) is 7.56. The molecule has 2 unspecified atom stereocenters. The van der Waals surface area contributed by atoms with Gasteiger partial charge in [0.1, 0.15) is 5.75 Å². The van der Waals surface area contributed by atoms with Crippen LogP contribution in [0.5, 0.6) is 5.75 Å². The Bertz CT molecular complexity index is 4070. The van der Waals surface area contributed by atoms with Crippen LogP contribution in [-0.2, 0) is 20.4 Å². The molecule has 4 aromatic carbocycles.